The highest BCUT2D eigenvalue weighted by Gasteiger charge is 2.19. The maximum Gasteiger partial charge on any atom is 0.274 e. The van der Waals surface area contributed by atoms with Gasteiger partial charge in [0.1, 0.15) is 11.5 Å². The first-order valence-corrected chi connectivity index (χ1v) is 10.0. The van der Waals surface area contributed by atoms with Crippen LogP contribution in [-0.2, 0) is 6.54 Å². The Morgan fingerprint density at radius 3 is 2.59 bits per heavy atom. The number of primary amides is 1. The lowest BCUT2D eigenvalue weighted by Gasteiger charge is -2.10. The molecule has 0 saturated carbocycles. The highest BCUT2D eigenvalue weighted by molar-refractivity contribution is 6.10. The predicted molar refractivity (Wildman–Crippen MR) is 120 cm³/mol. The van der Waals surface area contributed by atoms with Crippen molar-refractivity contribution in [1.29, 1.82) is 0 Å². The first-order chi connectivity index (χ1) is 15.2. The molecule has 3 N–H and O–H groups in total. The van der Waals surface area contributed by atoms with Gasteiger partial charge in [0.05, 0.1) is 34.7 Å². The minimum atomic E-state index is -0.726. The van der Waals surface area contributed by atoms with E-state index in [-0.39, 0.29) is 16.8 Å². The van der Waals surface area contributed by atoms with Crippen LogP contribution in [0, 0.1) is 26.6 Å². The smallest absolute Gasteiger partial charge is 0.274 e. The van der Waals surface area contributed by atoms with Crippen LogP contribution in [0.2, 0.25) is 0 Å². The zero-order valence-corrected chi connectivity index (χ0v) is 17.9. The van der Waals surface area contributed by atoms with Gasteiger partial charge >= 0.3 is 0 Å². The number of anilines is 1. The van der Waals surface area contributed by atoms with Gasteiger partial charge in [0.25, 0.3) is 5.91 Å². The number of nitrogens with one attached hydrogen (secondary N) is 1. The Hall–Kier alpha value is -4.07. The SMILES string of the molecule is Cc1cccc(Cn2nc(C)c(NC(=O)c3cc(C(N)=O)c4ccc(F)cc4n3)c2C)c1. The van der Waals surface area contributed by atoms with Crippen LogP contribution in [-0.4, -0.2) is 26.6 Å². The number of pyridine rings is 1. The Labute approximate surface area is 184 Å². The molecule has 0 aliphatic carbocycles. The lowest BCUT2D eigenvalue weighted by Crippen LogP contribution is -2.18. The highest BCUT2D eigenvalue weighted by atomic mass is 19.1. The molecule has 0 fully saturated rings. The van der Waals surface area contributed by atoms with Crippen LogP contribution >= 0.6 is 0 Å². The maximum atomic E-state index is 13.7. The van der Waals surface area contributed by atoms with Gasteiger partial charge in [0.15, 0.2) is 0 Å². The van der Waals surface area contributed by atoms with Crippen molar-refractivity contribution in [3.8, 4) is 0 Å². The molecule has 2 aromatic carbocycles. The summed E-state index contributed by atoms with van der Waals surface area (Å²) in [6.45, 7) is 6.25. The Balaban J connectivity index is 1.66. The second-order valence-electron chi connectivity index (χ2n) is 7.73. The molecule has 0 saturated heterocycles. The third kappa shape index (κ3) is 4.07. The summed E-state index contributed by atoms with van der Waals surface area (Å²) in [5.74, 6) is -1.79. The zero-order valence-electron chi connectivity index (χ0n) is 17.9. The summed E-state index contributed by atoms with van der Waals surface area (Å²) >= 11 is 0. The highest BCUT2D eigenvalue weighted by Crippen LogP contribution is 2.23. The largest absolute Gasteiger partial charge is 0.366 e. The van der Waals surface area contributed by atoms with E-state index in [1.165, 1.54) is 18.2 Å². The maximum absolute atomic E-state index is 13.7. The Kier molecular flexibility index (Phi) is 5.44. The molecule has 0 bridgehead atoms. The predicted octanol–water partition coefficient (Wildman–Crippen LogP) is 3.90. The normalized spacial score (nSPS) is 11.0. The van der Waals surface area contributed by atoms with Crippen molar-refractivity contribution in [2.75, 3.05) is 5.32 Å². The number of hydrogen-bond acceptors (Lipinski definition) is 4. The molecule has 4 rings (SSSR count). The van der Waals surface area contributed by atoms with Crippen molar-refractivity contribution in [1.82, 2.24) is 14.8 Å². The van der Waals surface area contributed by atoms with Crippen molar-refractivity contribution < 1.29 is 14.0 Å². The number of amides is 2. The molecule has 7 nitrogen and oxygen atoms in total. The van der Waals surface area contributed by atoms with Crippen LogP contribution in [0.1, 0.15) is 43.4 Å². The number of halogens is 1. The van der Waals surface area contributed by atoms with E-state index in [0.717, 1.165) is 22.9 Å². The van der Waals surface area contributed by atoms with Gasteiger partial charge in [-0.15, -0.1) is 0 Å². The second-order valence-corrected chi connectivity index (χ2v) is 7.73. The van der Waals surface area contributed by atoms with Gasteiger partial charge in [-0.3, -0.25) is 14.3 Å². The summed E-state index contributed by atoms with van der Waals surface area (Å²) in [5.41, 5.74) is 9.94. The first-order valence-electron chi connectivity index (χ1n) is 10.0. The molecule has 2 amide bonds. The molecule has 4 aromatic rings. The van der Waals surface area contributed by atoms with E-state index in [2.05, 4.69) is 21.5 Å². The van der Waals surface area contributed by atoms with E-state index in [9.17, 15) is 14.0 Å². The molecule has 0 aliphatic rings. The van der Waals surface area contributed by atoms with E-state index < -0.39 is 17.6 Å². The molecule has 0 radical (unpaired) electrons. The van der Waals surface area contributed by atoms with Gasteiger partial charge in [-0.2, -0.15) is 5.10 Å². The van der Waals surface area contributed by atoms with Gasteiger partial charge in [0.2, 0.25) is 5.91 Å². The fourth-order valence-electron chi connectivity index (χ4n) is 3.71. The minimum Gasteiger partial charge on any atom is -0.366 e. The molecule has 0 spiro atoms. The van der Waals surface area contributed by atoms with E-state index in [1.807, 2.05) is 36.7 Å². The summed E-state index contributed by atoms with van der Waals surface area (Å²) in [7, 11) is 0. The monoisotopic (exact) mass is 431 g/mol. The zero-order chi connectivity index (χ0) is 23.0. The fraction of sp³-hybridized carbons (Fsp3) is 0.167. The van der Waals surface area contributed by atoms with Crippen molar-refractivity contribution in [2.24, 2.45) is 5.73 Å². The number of nitrogens with zero attached hydrogens (tertiary/aromatic N) is 3. The topological polar surface area (TPSA) is 103 Å². The summed E-state index contributed by atoms with van der Waals surface area (Å²) in [5, 5.41) is 7.76. The van der Waals surface area contributed by atoms with Crippen molar-refractivity contribution in [3.05, 3.63) is 88.1 Å². The molecule has 0 atom stereocenters. The van der Waals surface area contributed by atoms with Crippen molar-refractivity contribution in [2.45, 2.75) is 27.3 Å². The number of fused-ring (bicyclic) bond motifs is 1. The molecule has 0 aliphatic heterocycles. The number of nitrogens with two attached hydrogens (primary N) is 1. The van der Waals surface area contributed by atoms with E-state index in [0.29, 0.717) is 23.3 Å². The summed E-state index contributed by atoms with van der Waals surface area (Å²) in [4.78, 5) is 29.1. The van der Waals surface area contributed by atoms with E-state index >= 15 is 0 Å². The van der Waals surface area contributed by atoms with E-state index in [4.69, 9.17) is 5.73 Å². The van der Waals surface area contributed by atoms with Crippen molar-refractivity contribution in [3.63, 3.8) is 0 Å². The lowest BCUT2D eigenvalue weighted by molar-refractivity contribution is 0.100. The number of aryl methyl sites for hydroxylation is 2. The summed E-state index contributed by atoms with van der Waals surface area (Å²) in [6, 6.07) is 13.2. The Bertz CT molecular complexity index is 1380. The number of carbonyl (C=O) groups excluding carboxylic acids is 2. The van der Waals surface area contributed by atoms with Gasteiger partial charge in [-0.25, -0.2) is 9.37 Å². The molecule has 8 heteroatoms. The van der Waals surface area contributed by atoms with Crippen LogP contribution in [0.25, 0.3) is 10.9 Å². The fourth-order valence-corrected chi connectivity index (χ4v) is 3.71. The second kappa shape index (κ2) is 8.22. The standard InChI is InChI=1S/C24H22FN5O2/c1-13-5-4-6-16(9-13)12-30-15(3)22(14(2)29-30)28-24(32)21-11-19(23(26)31)18-8-7-17(25)10-20(18)27-21/h4-11H,12H2,1-3H3,(H2,26,31)(H,28,32). The van der Waals surface area contributed by atoms with Gasteiger partial charge in [-0.1, -0.05) is 29.8 Å². The van der Waals surface area contributed by atoms with E-state index in [1.54, 1.807) is 6.92 Å². The lowest BCUT2D eigenvalue weighted by atomic mass is 10.1. The van der Waals surface area contributed by atoms with Crippen LogP contribution < -0.4 is 11.1 Å². The third-order valence-corrected chi connectivity index (χ3v) is 5.30. The quantitative estimate of drug-likeness (QED) is 0.500. The molecular formula is C24H22FN5O2. The van der Waals surface area contributed by atoms with Gasteiger partial charge in [-0.05, 0) is 44.5 Å². The first kappa shape index (κ1) is 21.2. The summed E-state index contributed by atoms with van der Waals surface area (Å²) in [6.07, 6.45) is 0. The summed E-state index contributed by atoms with van der Waals surface area (Å²) < 4.78 is 15.5. The molecule has 2 aromatic heterocycles. The average Bonchev–Trinajstić information content (AvgIpc) is 2.99. The van der Waals surface area contributed by atoms with Crippen LogP contribution in [0.3, 0.4) is 0 Å². The molecule has 32 heavy (non-hydrogen) atoms. The Morgan fingerprint density at radius 1 is 1.09 bits per heavy atom. The number of aromatic nitrogens is 3. The molecule has 0 unspecified atom stereocenters. The average molecular weight is 431 g/mol. The van der Waals surface area contributed by atoms with Gasteiger partial charge < -0.3 is 11.1 Å². The number of benzene rings is 2. The van der Waals surface area contributed by atoms with Crippen LogP contribution in [0.4, 0.5) is 10.1 Å². The van der Waals surface area contributed by atoms with Crippen LogP contribution in [0.5, 0.6) is 0 Å². The number of rotatable bonds is 5. The Morgan fingerprint density at radius 2 is 1.88 bits per heavy atom. The number of carbonyl (C=O) groups is 2. The molecule has 162 valence electrons. The minimum absolute atomic E-state index is 0.0397. The number of hydrogen-bond donors (Lipinski definition) is 2. The molecular weight excluding hydrogens is 409 g/mol. The van der Waals surface area contributed by atoms with Crippen LogP contribution in [0.15, 0.2) is 48.5 Å². The van der Waals surface area contributed by atoms with Gasteiger partial charge in [0, 0.05) is 11.5 Å². The van der Waals surface area contributed by atoms with Crippen molar-refractivity contribution >= 4 is 28.4 Å². The third-order valence-electron chi connectivity index (χ3n) is 5.30. The molecule has 2 heterocycles.